The summed E-state index contributed by atoms with van der Waals surface area (Å²) in [4.78, 5) is 23.3. The fourth-order valence-corrected chi connectivity index (χ4v) is 6.45. The zero-order valence-electron chi connectivity index (χ0n) is 27.5. The van der Waals surface area contributed by atoms with E-state index in [1.807, 2.05) is 37.3 Å². The van der Waals surface area contributed by atoms with Gasteiger partial charge in [0.05, 0.1) is 51.1 Å². The maximum atomic E-state index is 14.7. The van der Waals surface area contributed by atoms with Crippen molar-refractivity contribution in [1.82, 2.24) is 25.5 Å². The molecule has 0 aliphatic rings. The van der Waals surface area contributed by atoms with Crippen LogP contribution in [0.4, 0.5) is 26.3 Å². The molecule has 0 unspecified atom stereocenters. The van der Waals surface area contributed by atoms with Crippen molar-refractivity contribution >= 4 is 60.8 Å². The molecule has 3 N–H and O–H groups in total. The van der Waals surface area contributed by atoms with E-state index in [-0.39, 0.29) is 18.1 Å². The molecule has 0 saturated heterocycles. The summed E-state index contributed by atoms with van der Waals surface area (Å²) < 4.78 is 22.3. The maximum Gasteiger partial charge on any atom is 0.355 e. The van der Waals surface area contributed by atoms with Gasteiger partial charge in [-0.2, -0.15) is 0 Å². The van der Waals surface area contributed by atoms with Gasteiger partial charge in [0.1, 0.15) is 0 Å². The molecule has 11 nitrogen and oxygen atoms in total. The molecule has 5 rings (SSSR count). The Hall–Kier alpha value is -4.68. The number of quaternary nitrogens is 1. The summed E-state index contributed by atoms with van der Waals surface area (Å²) in [6.07, 6.45) is 0.867. The molecule has 48 heavy (non-hydrogen) atoms. The molecule has 2 aromatic carbocycles. The van der Waals surface area contributed by atoms with Gasteiger partial charge < -0.3 is 29.9 Å². The molecule has 0 bridgehead atoms. The van der Waals surface area contributed by atoms with E-state index in [0.29, 0.717) is 51.7 Å². The number of carboxylic acid groups (broad SMARTS) is 1. The van der Waals surface area contributed by atoms with E-state index in [0.717, 1.165) is 33.4 Å². The van der Waals surface area contributed by atoms with E-state index in [1.54, 1.807) is 24.1 Å². The third-order valence-electron chi connectivity index (χ3n) is 7.15. The number of hydrogen-bond donors (Lipinski definition) is 3. The van der Waals surface area contributed by atoms with Gasteiger partial charge in [0.25, 0.3) is 0 Å². The Balaban J connectivity index is 1.15. The molecular formula is C34H38FN8O3S2+. The summed E-state index contributed by atoms with van der Waals surface area (Å²) in [5.74, 6) is 5.59. The molecule has 0 spiro atoms. The Labute approximate surface area is 287 Å². The van der Waals surface area contributed by atoms with Gasteiger partial charge in [-0.25, -0.2) is 19.2 Å². The molecule has 0 aliphatic carbocycles. The first-order chi connectivity index (χ1) is 23.0. The number of hydrogen-bond acceptors (Lipinski definition) is 11. The maximum absolute atomic E-state index is 14.7. The number of halogens is 1. The summed E-state index contributed by atoms with van der Waals surface area (Å²) in [7, 11) is 8.15. The normalized spacial score (nSPS) is 11.3. The minimum Gasteiger partial charge on any atom is -0.491 e. The van der Waals surface area contributed by atoms with Gasteiger partial charge in [-0.3, -0.25) is 0 Å². The SMILES string of the molecule is Cc1cc(N(C)c2nc(C(=O)O)c(CCCOc3ccc(C#CCNCC[N+](C)(C)C)cc3F)s2)nnc1Nc1nc2ccccc2s1. The van der Waals surface area contributed by atoms with Crippen LogP contribution in [0.25, 0.3) is 10.2 Å². The largest absolute Gasteiger partial charge is 0.491 e. The molecule has 5 aromatic rings. The number of ether oxygens (including phenoxy) is 1. The molecule has 250 valence electrons. The molecule has 0 amide bonds. The lowest BCUT2D eigenvalue weighted by molar-refractivity contribution is -0.869. The number of aryl methyl sites for hydroxylation is 2. The van der Waals surface area contributed by atoms with Crippen molar-refractivity contribution in [2.75, 3.05) is 64.6 Å². The van der Waals surface area contributed by atoms with Gasteiger partial charge in [0, 0.05) is 24.0 Å². The second-order valence-electron chi connectivity index (χ2n) is 12.1. The number of thiazole rings is 2. The number of para-hydroxylation sites is 1. The number of likely N-dealkylation sites (N-methyl/N-ethyl adjacent to an activating group) is 1. The quantitative estimate of drug-likeness (QED) is 0.0742. The smallest absolute Gasteiger partial charge is 0.355 e. The second kappa shape index (κ2) is 15.5. The average Bonchev–Trinajstić information content (AvgIpc) is 3.66. The molecular weight excluding hydrogens is 652 g/mol. The predicted octanol–water partition coefficient (Wildman–Crippen LogP) is 5.86. The van der Waals surface area contributed by atoms with Crippen molar-refractivity contribution in [2.45, 2.75) is 19.8 Å². The number of nitrogens with zero attached hydrogens (tertiary/aromatic N) is 6. The number of carbonyl (C=O) groups is 1. The van der Waals surface area contributed by atoms with Crippen LogP contribution in [-0.4, -0.2) is 90.2 Å². The van der Waals surface area contributed by atoms with Crippen LogP contribution in [0.3, 0.4) is 0 Å². The van der Waals surface area contributed by atoms with Gasteiger partial charge in [-0.1, -0.05) is 35.3 Å². The summed E-state index contributed by atoms with van der Waals surface area (Å²) in [6.45, 7) is 4.47. The van der Waals surface area contributed by atoms with Crippen LogP contribution in [0.5, 0.6) is 5.75 Å². The fourth-order valence-electron chi connectivity index (χ4n) is 4.52. The minimum absolute atomic E-state index is 0.0262. The first-order valence-electron chi connectivity index (χ1n) is 15.3. The highest BCUT2D eigenvalue weighted by Gasteiger charge is 2.21. The Morgan fingerprint density at radius 3 is 2.65 bits per heavy atom. The number of fused-ring (bicyclic) bond motifs is 1. The molecule has 0 atom stereocenters. The zero-order valence-corrected chi connectivity index (χ0v) is 29.1. The van der Waals surface area contributed by atoms with Gasteiger partial charge in [0.2, 0.25) is 0 Å². The summed E-state index contributed by atoms with van der Waals surface area (Å²) in [6, 6.07) is 14.4. The summed E-state index contributed by atoms with van der Waals surface area (Å²) in [5, 5.41) is 26.2. The van der Waals surface area contributed by atoms with Crippen LogP contribution in [-0.2, 0) is 6.42 Å². The Morgan fingerprint density at radius 2 is 1.92 bits per heavy atom. The van der Waals surface area contributed by atoms with Crippen LogP contribution in [0, 0.1) is 24.6 Å². The lowest BCUT2D eigenvalue weighted by Gasteiger charge is -2.23. The van der Waals surface area contributed by atoms with Crippen LogP contribution in [0.15, 0.2) is 48.5 Å². The van der Waals surface area contributed by atoms with Crippen LogP contribution in [0.1, 0.15) is 32.9 Å². The van der Waals surface area contributed by atoms with Crippen molar-refractivity contribution in [3.63, 3.8) is 0 Å². The molecule has 0 aliphatic heterocycles. The van der Waals surface area contributed by atoms with E-state index in [1.165, 1.54) is 28.7 Å². The Bertz CT molecular complexity index is 1930. The first-order valence-corrected chi connectivity index (χ1v) is 17.0. The van der Waals surface area contributed by atoms with Crippen LogP contribution < -0.4 is 20.3 Å². The first kappa shape index (κ1) is 34.6. The summed E-state index contributed by atoms with van der Waals surface area (Å²) in [5.41, 5.74) is 2.29. The van der Waals surface area contributed by atoms with E-state index >= 15 is 0 Å². The number of rotatable bonds is 14. The van der Waals surface area contributed by atoms with Gasteiger partial charge in [-0.05, 0) is 61.7 Å². The number of aromatic nitrogens is 4. The molecule has 0 fully saturated rings. The van der Waals surface area contributed by atoms with E-state index in [4.69, 9.17) is 4.74 Å². The number of anilines is 4. The zero-order chi connectivity index (χ0) is 34.3. The highest BCUT2D eigenvalue weighted by molar-refractivity contribution is 7.22. The number of benzene rings is 2. The standard InChI is InChI=1S/C34H37FN8O3S2/c1-22-20-29(40-41-31(22)39-33-37-25-11-6-7-12-27(25)47-33)42(2)34-38-30(32(44)45)28(48-34)13-9-19-46-26-15-14-23(21-24(26)35)10-8-16-36-17-18-43(3,4)5/h6-7,11-12,14-15,20-21,36H,9,13,16-19H2,1-5H3,(H-,37,39,41,44,45)/p+1. The second-order valence-corrected chi connectivity index (χ2v) is 14.2. The molecule has 0 radical (unpaired) electrons. The third kappa shape index (κ3) is 9.23. The van der Waals surface area contributed by atoms with Crippen molar-refractivity contribution in [3.05, 3.63) is 76.0 Å². The van der Waals surface area contributed by atoms with Gasteiger partial charge >= 0.3 is 5.97 Å². The average molecular weight is 690 g/mol. The molecule has 14 heteroatoms. The van der Waals surface area contributed by atoms with Crippen LogP contribution in [0.2, 0.25) is 0 Å². The lowest BCUT2D eigenvalue weighted by atomic mass is 10.2. The molecule has 3 aromatic heterocycles. The van der Waals surface area contributed by atoms with Crippen molar-refractivity contribution in [3.8, 4) is 17.6 Å². The van der Waals surface area contributed by atoms with Gasteiger partial charge in [0.15, 0.2) is 39.2 Å². The minimum atomic E-state index is -1.12. The Morgan fingerprint density at radius 1 is 1.10 bits per heavy atom. The monoisotopic (exact) mass is 689 g/mol. The number of aromatic carboxylic acids is 1. The van der Waals surface area contributed by atoms with Crippen molar-refractivity contribution in [2.24, 2.45) is 0 Å². The fraction of sp³-hybridized carbons (Fsp3) is 0.324. The topological polar surface area (TPSA) is 125 Å². The third-order valence-corrected chi connectivity index (χ3v) is 9.30. The van der Waals surface area contributed by atoms with Crippen LogP contribution >= 0.6 is 22.7 Å². The predicted molar refractivity (Wildman–Crippen MR) is 190 cm³/mol. The lowest BCUT2D eigenvalue weighted by Crippen LogP contribution is -2.40. The Kier molecular flexibility index (Phi) is 11.2. The highest BCUT2D eigenvalue weighted by atomic mass is 32.1. The van der Waals surface area contributed by atoms with Gasteiger partial charge in [-0.15, -0.1) is 21.5 Å². The molecule has 3 heterocycles. The van der Waals surface area contributed by atoms with E-state index in [9.17, 15) is 14.3 Å². The summed E-state index contributed by atoms with van der Waals surface area (Å²) >= 11 is 2.79. The number of carboxylic acids is 1. The van der Waals surface area contributed by atoms with E-state index < -0.39 is 11.8 Å². The van der Waals surface area contributed by atoms with Crippen molar-refractivity contribution in [1.29, 1.82) is 0 Å². The number of nitrogens with one attached hydrogen (secondary N) is 2. The van der Waals surface area contributed by atoms with Crippen molar-refractivity contribution < 1.29 is 23.5 Å². The van der Waals surface area contributed by atoms with E-state index in [2.05, 4.69) is 63.8 Å². The highest BCUT2D eigenvalue weighted by Crippen LogP contribution is 2.33. The molecule has 0 saturated carbocycles.